The van der Waals surface area contributed by atoms with E-state index in [-0.39, 0.29) is 48.2 Å². The Morgan fingerprint density at radius 2 is 1.14 bits per heavy atom. The number of thiocarbonyl (C=S) groups is 2. The number of aryl methyl sites for hydroxylation is 4. The highest BCUT2D eigenvalue weighted by atomic mass is 32.2. The number of aliphatic carboxylic acids is 1. The van der Waals surface area contributed by atoms with E-state index >= 15 is 0 Å². The molecule has 24 heteroatoms. The number of nitrogens with zero attached hydrogens (tertiary/aromatic N) is 6. The van der Waals surface area contributed by atoms with Gasteiger partial charge in [0.1, 0.15) is 35.9 Å². The van der Waals surface area contributed by atoms with Crippen LogP contribution in [0.1, 0.15) is 119 Å². The number of hydrogen-bond acceptors (Lipinski definition) is 19. The molecule has 1 aromatic heterocycles. The van der Waals surface area contributed by atoms with Crippen molar-refractivity contribution in [3.05, 3.63) is 160 Å². The molecule has 6 heterocycles. The normalized spacial score (nSPS) is 16.6. The number of benzene rings is 4. The molecule has 5 aliphatic heterocycles. The van der Waals surface area contributed by atoms with Crippen LogP contribution in [0.25, 0.3) is 23.1 Å². The maximum absolute atomic E-state index is 13.3. The molecule has 492 valence electrons. The first kappa shape index (κ1) is 73.0. The summed E-state index contributed by atoms with van der Waals surface area (Å²) in [6, 6.07) is 30.7. The second kappa shape index (κ2) is 36.9. The first-order valence-corrected chi connectivity index (χ1v) is 35.3. The van der Waals surface area contributed by atoms with Gasteiger partial charge in [0.15, 0.2) is 6.73 Å². The van der Waals surface area contributed by atoms with Crippen LogP contribution >= 0.6 is 71.1 Å². The molecule has 3 amide bonds. The zero-order chi connectivity index (χ0) is 67.0. The molecule has 4 aromatic carbocycles. The van der Waals surface area contributed by atoms with Crippen molar-refractivity contribution in [1.29, 1.82) is 0 Å². The number of hydrogen-bond donors (Lipinski definition) is 2. The van der Waals surface area contributed by atoms with E-state index in [0.717, 1.165) is 91.0 Å². The highest BCUT2D eigenvalue weighted by molar-refractivity contribution is 8.30. The lowest BCUT2D eigenvalue weighted by molar-refractivity contribution is -0.147. The maximum Gasteiger partial charge on any atom is 0.323 e. The molecule has 93 heavy (non-hydrogen) atoms. The Hall–Kier alpha value is -7.45. The van der Waals surface area contributed by atoms with Crippen molar-refractivity contribution < 1.29 is 48.2 Å². The molecule has 10 rings (SSSR count). The first-order chi connectivity index (χ1) is 45.0. The number of anilines is 4. The fraction of sp³-hybridized carbons (Fsp3) is 0.362. The summed E-state index contributed by atoms with van der Waals surface area (Å²) in [5.74, 6) is -2.09. The minimum absolute atomic E-state index is 0.152. The molecular formula is C69H79N7O11S6. The zero-order valence-electron chi connectivity index (χ0n) is 53.2. The average Bonchev–Trinajstić information content (AvgIpc) is 1.69. The molecular weight excluding hydrogens is 1300 g/mol. The van der Waals surface area contributed by atoms with Gasteiger partial charge in [-0.3, -0.25) is 57.6 Å². The predicted octanol–water partition coefficient (Wildman–Crippen LogP) is 11.4. The summed E-state index contributed by atoms with van der Waals surface area (Å²) in [4.78, 5) is 106. The van der Waals surface area contributed by atoms with Crippen molar-refractivity contribution >= 4 is 168 Å². The molecule has 2 N–H and O–H groups in total. The third-order valence-corrected chi connectivity index (χ3v) is 20.7. The van der Waals surface area contributed by atoms with E-state index in [1.54, 1.807) is 19.1 Å². The number of carboxylic acids is 1. The van der Waals surface area contributed by atoms with Crippen LogP contribution in [0.15, 0.2) is 112 Å². The molecule has 18 nitrogen and oxygen atoms in total. The van der Waals surface area contributed by atoms with E-state index in [4.69, 9.17) is 34.3 Å². The molecule has 3 saturated heterocycles. The zero-order valence-corrected chi connectivity index (χ0v) is 58.1. The smallest absolute Gasteiger partial charge is 0.323 e. The minimum Gasteiger partial charge on any atom is -0.480 e. The van der Waals surface area contributed by atoms with Crippen molar-refractivity contribution in [3.8, 4) is 0 Å². The predicted molar refractivity (Wildman–Crippen MR) is 385 cm³/mol. The van der Waals surface area contributed by atoms with Crippen LogP contribution < -0.4 is 30.0 Å². The highest BCUT2D eigenvalue weighted by Gasteiger charge is 2.40. The molecule has 0 spiro atoms. The quantitative estimate of drug-likeness (QED) is 0.0217. The van der Waals surface area contributed by atoms with Crippen LogP contribution in [0.2, 0.25) is 0 Å². The Balaban J connectivity index is 0.000000206. The lowest BCUT2D eigenvalue weighted by Gasteiger charge is -2.27. The van der Waals surface area contributed by atoms with Gasteiger partial charge in [-0.1, -0.05) is 179 Å². The van der Waals surface area contributed by atoms with E-state index in [2.05, 4.69) is 119 Å². The van der Waals surface area contributed by atoms with Gasteiger partial charge in [0.05, 0.1) is 15.3 Å². The van der Waals surface area contributed by atoms with Gasteiger partial charge in [-0.2, -0.15) is 5.48 Å². The Labute approximate surface area is 570 Å². The number of unbranched alkanes of at least 4 members (excludes halogenated alkanes) is 6. The number of likely N-dealkylation sites (N-methyl/N-ethyl adjacent to an activating group) is 1. The van der Waals surface area contributed by atoms with Gasteiger partial charge in [0.2, 0.25) is 5.91 Å². The van der Waals surface area contributed by atoms with Gasteiger partial charge in [-0.15, -0.1) is 11.3 Å². The summed E-state index contributed by atoms with van der Waals surface area (Å²) < 4.78 is 7.97. The molecule has 0 atom stereocenters. The molecule has 5 aliphatic rings. The number of hydroxylamine groups is 1. The third-order valence-electron chi connectivity index (χ3n) is 15.4. The number of nitrogens with one attached hydrogen (secondary N) is 1. The Morgan fingerprint density at radius 3 is 1.61 bits per heavy atom. The first-order valence-electron chi connectivity index (χ1n) is 31.1. The van der Waals surface area contributed by atoms with Crippen LogP contribution in [0.4, 0.5) is 22.7 Å². The number of ether oxygens (including phenoxy) is 1. The van der Waals surface area contributed by atoms with Crippen molar-refractivity contribution in [3.63, 3.8) is 0 Å². The number of thioether (sulfide) groups is 3. The fourth-order valence-corrected chi connectivity index (χ4v) is 16.1. The number of para-hydroxylation sites is 2. The fourth-order valence-electron chi connectivity index (χ4n) is 10.9. The number of rotatable bonds is 22. The van der Waals surface area contributed by atoms with E-state index in [1.165, 1.54) is 141 Å². The lowest BCUT2D eigenvalue weighted by Crippen LogP contribution is -2.34. The van der Waals surface area contributed by atoms with E-state index in [0.29, 0.717) is 45.8 Å². The summed E-state index contributed by atoms with van der Waals surface area (Å²) in [5, 5.41) is 9.22. The van der Waals surface area contributed by atoms with E-state index < -0.39 is 12.5 Å². The molecule has 0 aliphatic carbocycles. The second-order valence-corrected chi connectivity index (χ2v) is 26.9. The number of carbonyl (C=O) groups is 7. The van der Waals surface area contributed by atoms with Crippen molar-refractivity contribution in [2.24, 2.45) is 0 Å². The Bertz CT molecular complexity index is 3860. The monoisotopic (exact) mass is 1370 g/mol. The number of aromatic nitrogens is 1. The van der Waals surface area contributed by atoms with Crippen LogP contribution in [0.5, 0.6) is 0 Å². The van der Waals surface area contributed by atoms with Gasteiger partial charge in [-0.25, -0.2) is 0 Å². The number of carbonyl (C=O) groups excluding carboxylic acids is 6. The minimum atomic E-state index is -1.11. The van der Waals surface area contributed by atoms with Gasteiger partial charge in [-0.05, 0) is 134 Å². The standard InChI is InChI=1S/C33H35N3O4S3.C23H27NO.C10H10N2O4S3.C3H7NO2/c1-3-5-6-9-19-35-26-13-8-7-12-24(26)16-17-25-20-23(15-18-27(25)35)11-10-14-28-30(38)36(21-40-22-37)32(42-28)29-31(39)34(4-2)33(41)43-29;1-2-3-4-7-16-24-22-11-6-5-10-20(22)13-14-21-18-19(9-8-17-25)12-15-23(21)24;1-2-11-8(16)7(19-10(11)17)9-12(3-6(14)15)5(13)4-18-9;1-3(5)6-4-2/h7-8,10-15,18,20,22H,3-6,9,16-17,19,21H2,1-2H3;5-6,8-12,15,17-18H,2-4,7,13-14,16H2,1H3;2-4H2,1H3,(H,14,15);4H,1-2H3/b11-10+,28-14+,32-29+;9-8+;9-7+;. The number of carboxylic acid groups (broad SMARTS) is 1. The molecule has 0 unspecified atom stereocenters. The van der Waals surface area contributed by atoms with Crippen LogP contribution in [0.3, 0.4) is 0 Å². The van der Waals surface area contributed by atoms with Gasteiger partial charge in [0.25, 0.3) is 23.8 Å². The number of allylic oxidation sites excluding steroid dienone is 2. The molecule has 3 fully saturated rings. The summed E-state index contributed by atoms with van der Waals surface area (Å²) in [7, 11) is 1.53. The van der Waals surface area contributed by atoms with Crippen molar-refractivity contribution in [2.75, 3.05) is 55.3 Å². The summed E-state index contributed by atoms with van der Waals surface area (Å²) >= 11 is 15.1. The average molecular weight is 1370 g/mol. The van der Waals surface area contributed by atoms with Gasteiger partial charge in [0, 0.05) is 62.9 Å². The highest BCUT2D eigenvalue weighted by Crippen LogP contribution is 2.42. The van der Waals surface area contributed by atoms with Crippen LogP contribution in [-0.2, 0) is 75.6 Å². The van der Waals surface area contributed by atoms with Crippen molar-refractivity contribution in [1.82, 2.24) is 24.7 Å². The maximum atomic E-state index is 13.3. The number of fused-ring (bicyclic) bond motifs is 4. The van der Waals surface area contributed by atoms with E-state index in [9.17, 15) is 38.4 Å². The topological polar surface area (TPSA) is 208 Å². The molecule has 0 saturated carbocycles. The largest absolute Gasteiger partial charge is 0.480 e. The summed E-state index contributed by atoms with van der Waals surface area (Å²) in [6.45, 7) is 12.0. The third kappa shape index (κ3) is 19.4. The lowest BCUT2D eigenvalue weighted by atomic mass is 10.0. The Morgan fingerprint density at radius 1 is 0.634 bits per heavy atom. The second-order valence-electron chi connectivity index (χ2n) is 21.6. The number of thiazole rings is 1. The van der Waals surface area contributed by atoms with Crippen molar-refractivity contribution in [2.45, 2.75) is 118 Å². The van der Waals surface area contributed by atoms with Gasteiger partial charge < -0.3 is 24.5 Å². The van der Waals surface area contributed by atoms with Gasteiger partial charge >= 0.3 is 11.9 Å². The molecule has 0 bridgehead atoms. The Kier molecular flexibility index (Phi) is 28.9. The molecule has 5 aromatic rings. The van der Waals surface area contributed by atoms with E-state index in [1.807, 2.05) is 25.2 Å². The van der Waals surface area contributed by atoms with Crippen LogP contribution in [0, 0.1) is 0 Å². The number of amides is 3. The SMILES string of the molecule is CCCCCCN1c2ccccc2CCc2cc(/C=C/C=O)ccc21.CCCCCCN1c2ccccc2CCc2cc(/C=C/C=c3/s/c(=C4/SC(=S)N(CC)C4=O)n(COC=O)c3=O)ccc21.CCN1C(=O)/C(=C2\SCC(=O)N2CC(=O)O)SC1=S.CNOC(C)=O. The molecule has 0 radical (unpaired) electrons. The summed E-state index contributed by atoms with van der Waals surface area (Å²) in [5.41, 5.74) is 14.8. The number of aldehydes is 1. The van der Waals surface area contributed by atoms with Crippen LogP contribution in [-0.4, -0.2) is 121 Å². The summed E-state index contributed by atoms with van der Waals surface area (Å²) in [6.07, 6.45) is 23.9.